The standard InChI is InChI=1S/C27H22O6/c1-3-25(28)31-17-19-5-9-21(10-6-19)22-13-15-24(16-14-22)33-27(30)23-11-7-20(8-12-23)18-32-26(29)4-2/h3-16H,1-2,17-18H2. The number of benzene rings is 3. The molecule has 0 radical (unpaired) electrons. The molecule has 6 nitrogen and oxygen atoms in total. The molecule has 33 heavy (non-hydrogen) atoms. The fraction of sp³-hybridized carbons (Fsp3) is 0.0741. The second-order valence-corrected chi connectivity index (χ2v) is 6.93. The van der Waals surface area contributed by atoms with Crippen molar-refractivity contribution in [1.29, 1.82) is 0 Å². The summed E-state index contributed by atoms with van der Waals surface area (Å²) in [6, 6.07) is 21.4. The quantitative estimate of drug-likeness (QED) is 0.263. The zero-order valence-electron chi connectivity index (χ0n) is 17.9. The van der Waals surface area contributed by atoms with E-state index in [1.807, 2.05) is 36.4 Å². The lowest BCUT2D eigenvalue weighted by Crippen LogP contribution is -2.08. The molecule has 6 heteroatoms. The van der Waals surface area contributed by atoms with Crippen molar-refractivity contribution in [1.82, 2.24) is 0 Å². The highest BCUT2D eigenvalue weighted by Gasteiger charge is 2.09. The molecule has 3 aromatic rings. The van der Waals surface area contributed by atoms with Crippen LogP contribution in [0.5, 0.6) is 5.75 Å². The van der Waals surface area contributed by atoms with Gasteiger partial charge in [-0.15, -0.1) is 0 Å². The van der Waals surface area contributed by atoms with Crippen molar-refractivity contribution in [3.63, 3.8) is 0 Å². The monoisotopic (exact) mass is 442 g/mol. The first-order valence-electron chi connectivity index (χ1n) is 10.1. The van der Waals surface area contributed by atoms with Crippen molar-refractivity contribution in [2.24, 2.45) is 0 Å². The molecule has 0 aliphatic rings. The van der Waals surface area contributed by atoms with E-state index in [0.29, 0.717) is 11.3 Å². The van der Waals surface area contributed by atoms with Gasteiger partial charge in [0.25, 0.3) is 0 Å². The summed E-state index contributed by atoms with van der Waals surface area (Å²) < 4.78 is 15.4. The van der Waals surface area contributed by atoms with Crippen LogP contribution in [0, 0.1) is 0 Å². The van der Waals surface area contributed by atoms with Crippen molar-refractivity contribution >= 4 is 17.9 Å². The molecule has 0 unspecified atom stereocenters. The maximum atomic E-state index is 12.4. The Balaban J connectivity index is 1.57. The largest absolute Gasteiger partial charge is 0.458 e. The fourth-order valence-corrected chi connectivity index (χ4v) is 2.84. The van der Waals surface area contributed by atoms with E-state index in [1.165, 1.54) is 0 Å². The van der Waals surface area contributed by atoms with E-state index >= 15 is 0 Å². The zero-order valence-corrected chi connectivity index (χ0v) is 17.9. The van der Waals surface area contributed by atoms with Crippen LogP contribution in [-0.2, 0) is 32.3 Å². The number of carbonyl (C=O) groups is 3. The summed E-state index contributed by atoms with van der Waals surface area (Å²) in [4.78, 5) is 34.7. The number of ether oxygens (including phenoxy) is 3. The first-order chi connectivity index (χ1) is 16.0. The molecule has 3 aromatic carbocycles. The molecule has 0 spiro atoms. The second kappa shape index (κ2) is 11.2. The molecule has 3 rings (SSSR count). The molecule has 0 heterocycles. The van der Waals surface area contributed by atoms with E-state index in [4.69, 9.17) is 14.2 Å². The lowest BCUT2D eigenvalue weighted by atomic mass is 10.0. The summed E-state index contributed by atoms with van der Waals surface area (Å²) >= 11 is 0. The van der Waals surface area contributed by atoms with E-state index in [-0.39, 0.29) is 13.2 Å². The fourth-order valence-electron chi connectivity index (χ4n) is 2.84. The van der Waals surface area contributed by atoms with Gasteiger partial charge in [-0.1, -0.05) is 61.7 Å². The molecule has 0 fully saturated rings. The van der Waals surface area contributed by atoms with Crippen molar-refractivity contribution in [2.45, 2.75) is 13.2 Å². The Morgan fingerprint density at radius 2 is 1.06 bits per heavy atom. The summed E-state index contributed by atoms with van der Waals surface area (Å²) in [6.07, 6.45) is 2.22. The normalized spacial score (nSPS) is 10.1. The molecule has 0 atom stereocenters. The van der Waals surface area contributed by atoms with E-state index in [0.717, 1.165) is 34.4 Å². The smallest absolute Gasteiger partial charge is 0.343 e. The Hall–Kier alpha value is -4.45. The summed E-state index contributed by atoms with van der Waals surface area (Å²) in [5.41, 5.74) is 3.91. The molecule has 0 aliphatic heterocycles. The average molecular weight is 442 g/mol. The van der Waals surface area contributed by atoms with Gasteiger partial charge in [0.15, 0.2) is 0 Å². The van der Waals surface area contributed by atoms with Crippen LogP contribution in [-0.4, -0.2) is 17.9 Å². The summed E-state index contributed by atoms with van der Waals surface area (Å²) in [5, 5.41) is 0. The Morgan fingerprint density at radius 1 is 0.636 bits per heavy atom. The van der Waals surface area contributed by atoms with Gasteiger partial charge in [0, 0.05) is 12.2 Å². The van der Waals surface area contributed by atoms with Gasteiger partial charge in [0.05, 0.1) is 5.56 Å². The van der Waals surface area contributed by atoms with Gasteiger partial charge in [-0.25, -0.2) is 14.4 Å². The molecule has 0 saturated heterocycles. The van der Waals surface area contributed by atoms with Gasteiger partial charge in [-0.2, -0.15) is 0 Å². The Labute approximate surface area is 191 Å². The average Bonchev–Trinajstić information content (AvgIpc) is 2.86. The SMILES string of the molecule is C=CC(=O)OCc1ccc(C(=O)Oc2ccc(-c3ccc(COC(=O)C=C)cc3)cc2)cc1. The predicted molar refractivity (Wildman–Crippen MR) is 123 cm³/mol. The molecule has 0 aromatic heterocycles. The number of rotatable bonds is 9. The van der Waals surface area contributed by atoms with E-state index < -0.39 is 17.9 Å². The molecule has 0 amide bonds. The summed E-state index contributed by atoms with van der Waals surface area (Å²) in [7, 11) is 0. The maximum absolute atomic E-state index is 12.4. The molecule has 166 valence electrons. The minimum absolute atomic E-state index is 0.0998. The predicted octanol–water partition coefficient (Wildman–Crippen LogP) is 5.03. The van der Waals surface area contributed by atoms with Gasteiger partial charge in [-0.3, -0.25) is 0 Å². The van der Waals surface area contributed by atoms with Crippen LogP contribution < -0.4 is 4.74 Å². The summed E-state index contributed by atoms with van der Waals surface area (Å²) in [6.45, 7) is 6.98. The lowest BCUT2D eigenvalue weighted by Gasteiger charge is -2.08. The highest BCUT2D eigenvalue weighted by atomic mass is 16.5. The molecule has 0 bridgehead atoms. The number of carbonyl (C=O) groups excluding carboxylic acids is 3. The first-order valence-corrected chi connectivity index (χ1v) is 10.1. The number of esters is 3. The highest BCUT2D eigenvalue weighted by molar-refractivity contribution is 5.91. The van der Waals surface area contributed by atoms with Crippen LogP contribution in [0.4, 0.5) is 0 Å². The third-order valence-electron chi connectivity index (χ3n) is 4.64. The van der Waals surface area contributed by atoms with Crippen LogP contribution in [0.3, 0.4) is 0 Å². The van der Waals surface area contributed by atoms with Gasteiger partial charge >= 0.3 is 17.9 Å². The van der Waals surface area contributed by atoms with Crippen LogP contribution >= 0.6 is 0 Å². The minimum Gasteiger partial charge on any atom is -0.458 e. The molecule has 0 saturated carbocycles. The highest BCUT2D eigenvalue weighted by Crippen LogP contribution is 2.23. The first kappa shape index (κ1) is 23.2. The van der Waals surface area contributed by atoms with Gasteiger partial charge in [0.2, 0.25) is 0 Å². The van der Waals surface area contributed by atoms with Gasteiger partial charge in [-0.05, 0) is 46.5 Å². The summed E-state index contributed by atoms with van der Waals surface area (Å²) in [5.74, 6) is -1.04. The number of hydrogen-bond donors (Lipinski definition) is 0. The maximum Gasteiger partial charge on any atom is 0.343 e. The van der Waals surface area contributed by atoms with E-state index in [9.17, 15) is 14.4 Å². The zero-order chi connectivity index (χ0) is 23.6. The Bertz CT molecular complexity index is 1140. The van der Waals surface area contributed by atoms with Crippen LogP contribution in [0.15, 0.2) is 98.1 Å². The second-order valence-electron chi connectivity index (χ2n) is 6.93. The van der Waals surface area contributed by atoms with Crippen LogP contribution in [0.25, 0.3) is 11.1 Å². The Kier molecular flexibility index (Phi) is 7.91. The van der Waals surface area contributed by atoms with Crippen LogP contribution in [0.2, 0.25) is 0 Å². The third-order valence-corrected chi connectivity index (χ3v) is 4.64. The van der Waals surface area contributed by atoms with Crippen LogP contribution in [0.1, 0.15) is 21.5 Å². The van der Waals surface area contributed by atoms with Crippen molar-refractivity contribution in [3.05, 3.63) is 115 Å². The molecule has 0 N–H and O–H groups in total. The number of hydrogen-bond acceptors (Lipinski definition) is 6. The molecular formula is C27H22O6. The lowest BCUT2D eigenvalue weighted by molar-refractivity contribution is -0.139. The van der Waals surface area contributed by atoms with E-state index in [2.05, 4.69) is 13.2 Å². The molecular weight excluding hydrogens is 420 g/mol. The van der Waals surface area contributed by atoms with E-state index in [1.54, 1.807) is 36.4 Å². The third kappa shape index (κ3) is 6.77. The topological polar surface area (TPSA) is 78.9 Å². The van der Waals surface area contributed by atoms with Crippen molar-refractivity contribution in [2.75, 3.05) is 0 Å². The van der Waals surface area contributed by atoms with Crippen molar-refractivity contribution in [3.8, 4) is 16.9 Å². The molecule has 0 aliphatic carbocycles. The minimum atomic E-state index is -0.508. The van der Waals surface area contributed by atoms with Gasteiger partial charge in [0.1, 0.15) is 19.0 Å². The van der Waals surface area contributed by atoms with Crippen molar-refractivity contribution < 1.29 is 28.6 Å². The Morgan fingerprint density at radius 3 is 1.52 bits per heavy atom. The van der Waals surface area contributed by atoms with Gasteiger partial charge < -0.3 is 14.2 Å².